The molecule has 4 saturated carbocycles. The van der Waals surface area contributed by atoms with Gasteiger partial charge in [-0.3, -0.25) is 4.79 Å². The quantitative estimate of drug-likeness (QED) is 0.275. The van der Waals surface area contributed by atoms with Crippen molar-refractivity contribution in [2.24, 2.45) is 11.3 Å². The van der Waals surface area contributed by atoms with Crippen molar-refractivity contribution in [2.75, 3.05) is 11.4 Å². The number of halogens is 5. The number of aromatic nitrogens is 2. The summed E-state index contributed by atoms with van der Waals surface area (Å²) in [6, 6.07) is 13.3. The Bertz CT molecular complexity index is 1410. The van der Waals surface area contributed by atoms with Crippen molar-refractivity contribution in [1.82, 2.24) is 10.1 Å². The van der Waals surface area contributed by atoms with Gasteiger partial charge >= 0.3 is 6.18 Å². The number of aliphatic hydroxyl groups is 1. The number of amides is 1. The van der Waals surface area contributed by atoms with Crippen LogP contribution in [0.1, 0.15) is 63.6 Å². The van der Waals surface area contributed by atoms with Crippen LogP contribution in [-0.4, -0.2) is 39.5 Å². The maximum Gasteiger partial charge on any atom is 0.417 e. The molecule has 4 aliphatic carbocycles. The second-order valence-electron chi connectivity index (χ2n) is 12.2. The summed E-state index contributed by atoms with van der Waals surface area (Å²) in [5, 5.41) is 14.2. The summed E-state index contributed by atoms with van der Waals surface area (Å²) in [7, 11) is 0. The van der Waals surface area contributed by atoms with Gasteiger partial charge in [-0.2, -0.15) is 18.2 Å². The maximum atomic E-state index is 13.6. The first-order valence-corrected chi connectivity index (χ1v) is 14.6. The minimum absolute atomic E-state index is 0.0417. The van der Waals surface area contributed by atoms with Crippen LogP contribution < -0.4 is 4.90 Å². The van der Waals surface area contributed by atoms with Crippen molar-refractivity contribution < 1.29 is 32.0 Å². The average Bonchev–Trinajstić information content (AvgIpc) is 3.43. The molecular weight excluding hydrogens is 606 g/mol. The van der Waals surface area contributed by atoms with Gasteiger partial charge in [-0.25, -0.2) is 4.39 Å². The van der Waals surface area contributed by atoms with Crippen LogP contribution in [0, 0.1) is 17.2 Å². The highest BCUT2D eigenvalue weighted by atomic mass is 79.9. The Morgan fingerprint density at radius 3 is 2.32 bits per heavy atom. The number of carbonyl (C=O) groups is 1. The Balaban J connectivity index is 1.16. The number of rotatable bonds is 7. The summed E-state index contributed by atoms with van der Waals surface area (Å²) in [6.07, 6.45) is -0.594. The molecule has 0 radical (unpaired) electrons. The van der Waals surface area contributed by atoms with Crippen molar-refractivity contribution in [1.29, 1.82) is 0 Å². The van der Waals surface area contributed by atoms with Gasteiger partial charge < -0.3 is 14.5 Å². The Hall–Kier alpha value is -2.79. The fraction of sp³-hybridized carbons (Fsp3) is 0.500. The van der Waals surface area contributed by atoms with Crippen molar-refractivity contribution in [3.8, 4) is 11.5 Å². The van der Waals surface area contributed by atoms with E-state index in [2.05, 4.69) is 26.1 Å². The lowest BCUT2D eigenvalue weighted by atomic mass is 9.53. The van der Waals surface area contributed by atoms with Gasteiger partial charge in [-0.15, -0.1) is 0 Å². The number of nitrogens with zero attached hydrogens (tertiary/aromatic N) is 3. The number of fused-ring (bicyclic) bond motifs is 3. The fourth-order valence-electron chi connectivity index (χ4n) is 6.92. The molecule has 4 aliphatic rings. The van der Waals surface area contributed by atoms with Gasteiger partial charge in [0, 0.05) is 34.1 Å². The summed E-state index contributed by atoms with van der Waals surface area (Å²) >= 11 is 3.47. The topological polar surface area (TPSA) is 79.5 Å². The highest BCUT2D eigenvalue weighted by Gasteiger charge is 2.61. The van der Waals surface area contributed by atoms with E-state index in [9.17, 15) is 27.5 Å². The van der Waals surface area contributed by atoms with E-state index >= 15 is 0 Å². The van der Waals surface area contributed by atoms with Crippen LogP contribution in [0.3, 0.4) is 0 Å². The number of anilines is 1. The molecule has 0 unspecified atom stereocenters. The predicted octanol–water partition coefficient (Wildman–Crippen LogP) is 7.36. The number of hydrogen-bond donors (Lipinski definition) is 1. The zero-order valence-corrected chi connectivity index (χ0v) is 23.8. The van der Waals surface area contributed by atoms with Gasteiger partial charge in [0.1, 0.15) is 5.82 Å². The Labute approximate surface area is 243 Å². The SMILES string of the molecule is O=C(CC1CC(O)(C(F)(F)F)C1)N(CC12CCC(c3noc(-c4ccc(F)cc4)n3)(CC1)CC2)c1cccc(Br)c1. The van der Waals surface area contributed by atoms with Gasteiger partial charge in [0.15, 0.2) is 11.4 Å². The van der Waals surface area contributed by atoms with E-state index in [1.165, 1.54) is 12.1 Å². The van der Waals surface area contributed by atoms with Crippen LogP contribution >= 0.6 is 15.9 Å². The molecule has 6 nitrogen and oxygen atoms in total. The Kier molecular flexibility index (Phi) is 7.04. The lowest BCUT2D eigenvalue weighted by Crippen LogP contribution is -2.56. The molecule has 1 aromatic heterocycles. The highest BCUT2D eigenvalue weighted by Crippen LogP contribution is 2.58. The Morgan fingerprint density at radius 2 is 1.71 bits per heavy atom. The Morgan fingerprint density at radius 1 is 1.05 bits per heavy atom. The molecule has 0 aliphatic heterocycles. The van der Waals surface area contributed by atoms with Gasteiger partial charge in [-0.1, -0.05) is 27.2 Å². The van der Waals surface area contributed by atoms with E-state index in [0.29, 0.717) is 29.5 Å². The molecule has 2 aromatic carbocycles. The molecule has 41 heavy (non-hydrogen) atoms. The van der Waals surface area contributed by atoms with Gasteiger partial charge in [0.25, 0.3) is 5.89 Å². The first-order chi connectivity index (χ1) is 19.4. The molecule has 2 bridgehead atoms. The van der Waals surface area contributed by atoms with Crippen LogP contribution in [0.4, 0.5) is 23.2 Å². The predicted molar refractivity (Wildman–Crippen MR) is 146 cm³/mol. The molecule has 3 aromatic rings. The summed E-state index contributed by atoms with van der Waals surface area (Å²) in [5.74, 6) is -0.0610. The molecule has 1 heterocycles. The molecular formula is C30H30BrF4N3O3. The van der Waals surface area contributed by atoms with Crippen molar-refractivity contribution >= 4 is 27.5 Å². The van der Waals surface area contributed by atoms with Crippen LogP contribution in [0.15, 0.2) is 57.5 Å². The van der Waals surface area contributed by atoms with Crippen LogP contribution in [0.5, 0.6) is 0 Å². The third-order valence-electron chi connectivity index (χ3n) is 9.55. The average molecular weight is 636 g/mol. The van der Waals surface area contributed by atoms with Gasteiger partial charge in [-0.05, 0) is 105 Å². The molecule has 0 atom stereocenters. The van der Waals surface area contributed by atoms with Crippen molar-refractivity contribution in [2.45, 2.75) is 75.0 Å². The van der Waals surface area contributed by atoms with E-state index in [0.717, 1.165) is 43.0 Å². The maximum absolute atomic E-state index is 13.6. The highest BCUT2D eigenvalue weighted by molar-refractivity contribution is 9.10. The third-order valence-corrected chi connectivity index (χ3v) is 10.0. The summed E-state index contributed by atoms with van der Waals surface area (Å²) in [4.78, 5) is 20.0. The van der Waals surface area contributed by atoms with Crippen molar-refractivity contribution in [3.05, 3.63) is 64.6 Å². The number of alkyl halides is 3. The number of hydrogen-bond acceptors (Lipinski definition) is 5. The van der Waals surface area contributed by atoms with E-state index in [4.69, 9.17) is 4.52 Å². The van der Waals surface area contributed by atoms with Gasteiger partial charge in [0.05, 0.1) is 0 Å². The summed E-state index contributed by atoms with van der Waals surface area (Å²) < 4.78 is 59.1. The van der Waals surface area contributed by atoms with E-state index in [1.54, 1.807) is 17.0 Å². The number of carbonyl (C=O) groups excluding carboxylic acids is 1. The molecule has 0 saturated heterocycles. The van der Waals surface area contributed by atoms with Gasteiger partial charge in [0.2, 0.25) is 5.91 Å². The van der Waals surface area contributed by atoms with E-state index in [1.807, 2.05) is 24.3 Å². The minimum Gasteiger partial charge on any atom is -0.380 e. The molecule has 218 valence electrons. The van der Waals surface area contributed by atoms with E-state index < -0.39 is 30.5 Å². The zero-order chi connectivity index (χ0) is 29.0. The summed E-state index contributed by atoms with van der Waals surface area (Å²) in [6.45, 7) is 0.474. The minimum atomic E-state index is -4.69. The second-order valence-corrected chi connectivity index (χ2v) is 13.1. The second kappa shape index (κ2) is 10.2. The molecule has 4 fully saturated rings. The lowest BCUT2D eigenvalue weighted by molar-refractivity contribution is -0.298. The van der Waals surface area contributed by atoms with E-state index in [-0.39, 0.29) is 29.0 Å². The molecule has 1 N–H and O–H groups in total. The molecule has 11 heteroatoms. The smallest absolute Gasteiger partial charge is 0.380 e. The number of benzene rings is 2. The van der Waals surface area contributed by atoms with Crippen LogP contribution in [0.25, 0.3) is 11.5 Å². The standard InChI is InChI=1S/C30H30BrF4N3O3/c31-21-2-1-3-23(15-21)38(24(39)14-19-16-29(40,17-19)30(33,34)35)18-27-8-11-28(12-9-27,13-10-27)26-36-25(41-37-26)20-4-6-22(32)7-5-20/h1-7,15,19,40H,8-14,16-18H2. The molecule has 1 amide bonds. The van der Waals surface area contributed by atoms with Crippen molar-refractivity contribution in [3.63, 3.8) is 0 Å². The lowest BCUT2D eigenvalue weighted by Gasteiger charge is -2.53. The summed E-state index contributed by atoms with van der Waals surface area (Å²) in [5.41, 5.74) is -1.68. The van der Waals surface area contributed by atoms with Crippen LogP contribution in [-0.2, 0) is 10.2 Å². The zero-order valence-electron chi connectivity index (χ0n) is 22.3. The molecule has 7 rings (SSSR count). The molecule has 0 spiro atoms. The first kappa shape index (κ1) is 28.3. The normalized spacial score (nSPS) is 29.3. The monoisotopic (exact) mass is 635 g/mol. The largest absolute Gasteiger partial charge is 0.417 e. The first-order valence-electron chi connectivity index (χ1n) is 13.8. The van der Waals surface area contributed by atoms with Crippen LogP contribution in [0.2, 0.25) is 0 Å². The third kappa shape index (κ3) is 5.31. The fourth-order valence-corrected chi connectivity index (χ4v) is 7.30.